The summed E-state index contributed by atoms with van der Waals surface area (Å²) in [6.45, 7) is 5.93. The monoisotopic (exact) mass is 263 g/mol. The standard InChI is InChI=1S/C12H17N5O2/c1-12(2,3)14-7-6-13-15-9-8(7)10(18)17(5)11(19)16(9)4/h6H,1-5H3,(H,14,15). The van der Waals surface area contributed by atoms with Gasteiger partial charge in [0.25, 0.3) is 5.56 Å². The zero-order chi connectivity index (χ0) is 14.4. The van der Waals surface area contributed by atoms with Crippen molar-refractivity contribution in [3.63, 3.8) is 0 Å². The number of anilines is 1. The van der Waals surface area contributed by atoms with Crippen LogP contribution in [0.3, 0.4) is 0 Å². The highest BCUT2D eigenvalue weighted by Crippen LogP contribution is 2.19. The van der Waals surface area contributed by atoms with Crippen molar-refractivity contribution in [2.75, 3.05) is 5.32 Å². The van der Waals surface area contributed by atoms with E-state index in [4.69, 9.17) is 0 Å². The first kappa shape index (κ1) is 13.3. The van der Waals surface area contributed by atoms with Crippen LogP contribution >= 0.6 is 0 Å². The molecular weight excluding hydrogens is 246 g/mol. The van der Waals surface area contributed by atoms with E-state index in [9.17, 15) is 9.59 Å². The summed E-state index contributed by atoms with van der Waals surface area (Å²) in [5.74, 6) is 0. The summed E-state index contributed by atoms with van der Waals surface area (Å²) in [4.78, 5) is 24.1. The van der Waals surface area contributed by atoms with E-state index in [2.05, 4.69) is 15.5 Å². The van der Waals surface area contributed by atoms with Gasteiger partial charge in [-0.15, -0.1) is 5.10 Å². The third-order valence-electron chi connectivity index (χ3n) is 2.75. The molecule has 2 rings (SSSR count). The molecule has 0 atom stereocenters. The predicted molar refractivity (Wildman–Crippen MR) is 73.4 cm³/mol. The normalized spacial score (nSPS) is 11.8. The Bertz CT molecular complexity index is 752. The number of nitrogens with zero attached hydrogens (tertiary/aromatic N) is 4. The van der Waals surface area contributed by atoms with Gasteiger partial charge in [0.2, 0.25) is 0 Å². The molecule has 0 amide bonds. The minimum absolute atomic E-state index is 0.227. The summed E-state index contributed by atoms with van der Waals surface area (Å²) in [6.07, 6.45) is 1.50. The van der Waals surface area contributed by atoms with Crippen LogP contribution in [0, 0.1) is 0 Å². The van der Waals surface area contributed by atoms with Crippen molar-refractivity contribution in [3.05, 3.63) is 27.0 Å². The molecule has 2 aromatic rings. The lowest BCUT2D eigenvalue weighted by molar-refractivity contribution is 0.633. The summed E-state index contributed by atoms with van der Waals surface area (Å²) in [5.41, 5.74) is -0.161. The van der Waals surface area contributed by atoms with Gasteiger partial charge < -0.3 is 5.32 Å². The molecule has 0 aliphatic rings. The van der Waals surface area contributed by atoms with Gasteiger partial charge in [0.1, 0.15) is 5.39 Å². The fourth-order valence-electron chi connectivity index (χ4n) is 1.89. The summed E-state index contributed by atoms with van der Waals surface area (Å²) in [5, 5.41) is 11.3. The molecule has 1 N–H and O–H groups in total. The molecule has 7 nitrogen and oxygen atoms in total. The van der Waals surface area contributed by atoms with Gasteiger partial charge in [0.05, 0.1) is 11.9 Å². The number of nitrogens with one attached hydrogen (secondary N) is 1. The van der Waals surface area contributed by atoms with Crippen molar-refractivity contribution in [3.8, 4) is 0 Å². The van der Waals surface area contributed by atoms with Crippen LogP contribution in [0.5, 0.6) is 0 Å². The lowest BCUT2D eigenvalue weighted by Gasteiger charge is -2.22. The number of aryl methyl sites for hydroxylation is 1. The number of hydrogen-bond acceptors (Lipinski definition) is 5. The molecule has 2 aromatic heterocycles. The Hall–Kier alpha value is -2.18. The van der Waals surface area contributed by atoms with Crippen molar-refractivity contribution in [1.82, 2.24) is 19.3 Å². The fourth-order valence-corrected chi connectivity index (χ4v) is 1.89. The molecule has 0 fully saturated rings. The Labute approximate surface area is 109 Å². The summed E-state index contributed by atoms with van der Waals surface area (Å²) in [7, 11) is 3.02. The van der Waals surface area contributed by atoms with Gasteiger partial charge in [0, 0.05) is 19.6 Å². The number of fused-ring (bicyclic) bond motifs is 1. The van der Waals surface area contributed by atoms with E-state index in [1.165, 1.54) is 17.8 Å². The fraction of sp³-hybridized carbons (Fsp3) is 0.500. The zero-order valence-corrected chi connectivity index (χ0v) is 11.7. The van der Waals surface area contributed by atoms with E-state index in [0.29, 0.717) is 11.1 Å². The molecule has 0 bridgehead atoms. The maximum absolute atomic E-state index is 12.2. The van der Waals surface area contributed by atoms with Gasteiger partial charge >= 0.3 is 5.69 Å². The van der Waals surface area contributed by atoms with Gasteiger partial charge in [-0.2, -0.15) is 5.10 Å². The molecule has 7 heteroatoms. The maximum atomic E-state index is 12.2. The molecule has 19 heavy (non-hydrogen) atoms. The Morgan fingerprint density at radius 3 is 2.37 bits per heavy atom. The summed E-state index contributed by atoms with van der Waals surface area (Å²) in [6, 6.07) is 0. The van der Waals surface area contributed by atoms with Crippen LogP contribution < -0.4 is 16.6 Å². The van der Waals surface area contributed by atoms with Crippen LogP contribution in [0.2, 0.25) is 0 Å². The number of hydrogen-bond donors (Lipinski definition) is 1. The van der Waals surface area contributed by atoms with E-state index >= 15 is 0 Å². The van der Waals surface area contributed by atoms with Gasteiger partial charge in [-0.1, -0.05) is 0 Å². The van der Waals surface area contributed by atoms with Crippen LogP contribution in [-0.2, 0) is 14.1 Å². The van der Waals surface area contributed by atoms with Gasteiger partial charge in [-0.05, 0) is 20.8 Å². The van der Waals surface area contributed by atoms with E-state index < -0.39 is 5.69 Å². The second-order valence-corrected chi connectivity index (χ2v) is 5.54. The van der Waals surface area contributed by atoms with Gasteiger partial charge in [0.15, 0.2) is 5.65 Å². The highest BCUT2D eigenvalue weighted by Gasteiger charge is 2.17. The van der Waals surface area contributed by atoms with Crippen LogP contribution in [0.1, 0.15) is 20.8 Å². The third-order valence-corrected chi connectivity index (χ3v) is 2.75. The van der Waals surface area contributed by atoms with Gasteiger partial charge in [-0.25, -0.2) is 4.79 Å². The minimum atomic E-state index is -0.417. The molecule has 0 aromatic carbocycles. The molecule has 2 heterocycles. The zero-order valence-electron chi connectivity index (χ0n) is 11.7. The largest absolute Gasteiger partial charge is 0.378 e. The molecule has 0 aliphatic carbocycles. The quantitative estimate of drug-likeness (QED) is 0.797. The minimum Gasteiger partial charge on any atom is -0.378 e. The highest BCUT2D eigenvalue weighted by molar-refractivity contribution is 5.87. The van der Waals surface area contributed by atoms with Crippen LogP contribution in [0.25, 0.3) is 11.0 Å². The molecule has 0 unspecified atom stereocenters. The first-order valence-corrected chi connectivity index (χ1v) is 5.92. The Kier molecular flexibility index (Phi) is 2.92. The van der Waals surface area contributed by atoms with E-state index in [0.717, 1.165) is 4.57 Å². The Balaban J connectivity index is 2.90. The number of aromatic nitrogens is 4. The molecule has 102 valence electrons. The topological polar surface area (TPSA) is 81.8 Å². The summed E-state index contributed by atoms with van der Waals surface area (Å²) >= 11 is 0. The average molecular weight is 263 g/mol. The van der Waals surface area contributed by atoms with Crippen molar-refractivity contribution in [2.45, 2.75) is 26.3 Å². The van der Waals surface area contributed by atoms with Crippen molar-refractivity contribution < 1.29 is 0 Å². The van der Waals surface area contributed by atoms with Crippen LogP contribution in [0.4, 0.5) is 5.69 Å². The predicted octanol–water partition coefficient (Wildman–Crippen LogP) is 0.238. The van der Waals surface area contributed by atoms with Crippen molar-refractivity contribution in [2.24, 2.45) is 14.1 Å². The molecule has 0 aliphatic heterocycles. The summed E-state index contributed by atoms with van der Waals surface area (Å²) < 4.78 is 2.38. The molecule has 0 spiro atoms. The van der Waals surface area contributed by atoms with Crippen LogP contribution in [0.15, 0.2) is 15.8 Å². The van der Waals surface area contributed by atoms with Gasteiger partial charge in [-0.3, -0.25) is 13.9 Å². The third kappa shape index (κ3) is 2.23. The van der Waals surface area contributed by atoms with Crippen molar-refractivity contribution in [1.29, 1.82) is 0 Å². The first-order chi connectivity index (χ1) is 8.72. The molecular formula is C12H17N5O2. The second-order valence-electron chi connectivity index (χ2n) is 5.54. The first-order valence-electron chi connectivity index (χ1n) is 5.92. The van der Waals surface area contributed by atoms with E-state index in [1.54, 1.807) is 7.05 Å². The highest BCUT2D eigenvalue weighted by atomic mass is 16.2. The Morgan fingerprint density at radius 1 is 1.16 bits per heavy atom. The number of rotatable bonds is 1. The van der Waals surface area contributed by atoms with Crippen LogP contribution in [-0.4, -0.2) is 24.9 Å². The molecule has 0 saturated heterocycles. The lowest BCUT2D eigenvalue weighted by atomic mass is 10.1. The smallest absolute Gasteiger partial charge is 0.332 e. The molecule has 0 saturated carbocycles. The molecule has 0 radical (unpaired) electrons. The SMILES string of the molecule is Cn1c(=O)c2c(NC(C)(C)C)cnnc2n(C)c1=O. The average Bonchev–Trinajstić information content (AvgIpc) is 2.31. The lowest BCUT2D eigenvalue weighted by Crippen LogP contribution is -2.38. The van der Waals surface area contributed by atoms with Crippen molar-refractivity contribution >= 4 is 16.7 Å². The maximum Gasteiger partial charge on any atom is 0.332 e. The Morgan fingerprint density at radius 2 is 1.79 bits per heavy atom. The second kappa shape index (κ2) is 4.18. The van der Waals surface area contributed by atoms with E-state index in [-0.39, 0.29) is 16.7 Å². The van der Waals surface area contributed by atoms with E-state index in [1.807, 2.05) is 20.8 Å².